The van der Waals surface area contributed by atoms with Gasteiger partial charge in [-0.3, -0.25) is 9.59 Å². The summed E-state index contributed by atoms with van der Waals surface area (Å²) in [6, 6.07) is 10.2. The van der Waals surface area contributed by atoms with Gasteiger partial charge in [0.15, 0.2) is 6.61 Å². The van der Waals surface area contributed by atoms with Gasteiger partial charge in [0.1, 0.15) is 5.75 Å². The van der Waals surface area contributed by atoms with Gasteiger partial charge in [-0.2, -0.15) is 4.31 Å². The first-order valence-corrected chi connectivity index (χ1v) is 10.6. The van der Waals surface area contributed by atoms with Crippen molar-refractivity contribution >= 4 is 39.1 Å². The molecule has 0 aliphatic heterocycles. The van der Waals surface area contributed by atoms with Crippen molar-refractivity contribution in [1.29, 1.82) is 0 Å². The standard InChI is InChI=1S/C19H22ClN3O5S/c1-3-23(4-2)29(26,27)15-8-9-16(20)17(11-15)22-18(24)12-28-14-7-5-6-13(10-14)19(21)25/h5-11H,3-4,12H2,1-2H3,(H2,21,25)(H,22,24). The molecule has 2 rings (SSSR count). The molecule has 156 valence electrons. The van der Waals surface area contributed by atoms with Crippen LogP contribution in [0, 0.1) is 0 Å². The van der Waals surface area contributed by atoms with E-state index in [0.717, 1.165) is 0 Å². The zero-order valence-corrected chi connectivity index (χ0v) is 17.6. The average molecular weight is 440 g/mol. The maximum atomic E-state index is 12.6. The van der Waals surface area contributed by atoms with Crippen LogP contribution in [0.15, 0.2) is 47.4 Å². The topological polar surface area (TPSA) is 119 Å². The van der Waals surface area contributed by atoms with Crippen molar-refractivity contribution in [2.45, 2.75) is 18.7 Å². The fraction of sp³-hybridized carbons (Fsp3) is 0.263. The molecule has 3 N–H and O–H groups in total. The molecule has 2 amide bonds. The highest BCUT2D eigenvalue weighted by molar-refractivity contribution is 7.89. The number of sulfonamides is 1. The fourth-order valence-corrected chi connectivity index (χ4v) is 4.20. The lowest BCUT2D eigenvalue weighted by atomic mass is 10.2. The number of primary amides is 1. The Hall–Kier alpha value is -2.62. The molecule has 0 spiro atoms. The zero-order valence-electron chi connectivity index (χ0n) is 16.0. The number of hydrogen-bond acceptors (Lipinski definition) is 5. The van der Waals surface area contributed by atoms with Gasteiger partial charge in [-0.1, -0.05) is 31.5 Å². The van der Waals surface area contributed by atoms with Crippen LogP contribution in [0.3, 0.4) is 0 Å². The summed E-state index contributed by atoms with van der Waals surface area (Å²) in [6.07, 6.45) is 0. The molecule has 10 heteroatoms. The Labute approximate surface area is 174 Å². The maximum absolute atomic E-state index is 12.6. The fourth-order valence-electron chi connectivity index (χ4n) is 2.55. The van der Waals surface area contributed by atoms with E-state index in [2.05, 4.69) is 5.32 Å². The van der Waals surface area contributed by atoms with Gasteiger partial charge in [-0.05, 0) is 36.4 Å². The average Bonchev–Trinajstić information content (AvgIpc) is 2.69. The Bertz CT molecular complexity index is 1010. The molecule has 0 heterocycles. The van der Waals surface area contributed by atoms with Gasteiger partial charge < -0.3 is 15.8 Å². The van der Waals surface area contributed by atoms with Gasteiger partial charge in [0.25, 0.3) is 5.91 Å². The number of halogens is 1. The molecule has 0 aromatic heterocycles. The smallest absolute Gasteiger partial charge is 0.262 e. The van der Waals surface area contributed by atoms with Crippen LogP contribution in [0.5, 0.6) is 5.75 Å². The van der Waals surface area contributed by atoms with E-state index in [9.17, 15) is 18.0 Å². The minimum atomic E-state index is -3.70. The number of ether oxygens (including phenoxy) is 1. The highest BCUT2D eigenvalue weighted by atomic mass is 35.5. The van der Waals surface area contributed by atoms with Crippen molar-refractivity contribution < 1.29 is 22.7 Å². The van der Waals surface area contributed by atoms with E-state index in [1.165, 1.54) is 34.6 Å². The molecule has 0 saturated heterocycles. The normalized spacial score (nSPS) is 11.3. The van der Waals surface area contributed by atoms with Crippen LogP contribution in [-0.2, 0) is 14.8 Å². The van der Waals surface area contributed by atoms with E-state index in [1.54, 1.807) is 26.0 Å². The number of hydrogen-bond donors (Lipinski definition) is 2. The lowest BCUT2D eigenvalue weighted by Gasteiger charge is -2.19. The van der Waals surface area contributed by atoms with E-state index in [4.69, 9.17) is 22.1 Å². The Morgan fingerprint density at radius 3 is 2.45 bits per heavy atom. The highest BCUT2D eigenvalue weighted by Gasteiger charge is 2.22. The third kappa shape index (κ3) is 5.69. The van der Waals surface area contributed by atoms with Crippen LogP contribution in [0.25, 0.3) is 0 Å². The molecule has 2 aromatic carbocycles. The molecular weight excluding hydrogens is 418 g/mol. The second-order valence-corrected chi connectivity index (χ2v) is 8.31. The SMILES string of the molecule is CCN(CC)S(=O)(=O)c1ccc(Cl)c(NC(=O)COc2cccc(C(N)=O)c2)c1. The summed E-state index contributed by atoms with van der Waals surface area (Å²) in [5, 5.41) is 2.72. The number of nitrogens with one attached hydrogen (secondary N) is 1. The van der Waals surface area contributed by atoms with Gasteiger partial charge >= 0.3 is 0 Å². The number of nitrogens with zero attached hydrogens (tertiary/aromatic N) is 1. The Kier molecular flexibility index (Phi) is 7.60. The van der Waals surface area contributed by atoms with Crippen LogP contribution in [0.2, 0.25) is 5.02 Å². The summed E-state index contributed by atoms with van der Waals surface area (Å²) in [5.41, 5.74) is 5.61. The summed E-state index contributed by atoms with van der Waals surface area (Å²) in [7, 11) is -3.70. The zero-order chi connectivity index (χ0) is 21.6. The van der Waals surface area contributed by atoms with Crippen LogP contribution >= 0.6 is 11.6 Å². The third-order valence-corrected chi connectivity index (χ3v) is 6.42. The molecule has 29 heavy (non-hydrogen) atoms. The summed E-state index contributed by atoms with van der Waals surface area (Å²) in [4.78, 5) is 23.4. The van der Waals surface area contributed by atoms with E-state index < -0.39 is 21.8 Å². The Morgan fingerprint density at radius 1 is 1.14 bits per heavy atom. The molecule has 0 fully saturated rings. The second kappa shape index (κ2) is 9.73. The first-order valence-electron chi connectivity index (χ1n) is 8.81. The van der Waals surface area contributed by atoms with Crippen molar-refractivity contribution in [1.82, 2.24) is 4.31 Å². The lowest BCUT2D eigenvalue weighted by Crippen LogP contribution is -2.30. The minimum absolute atomic E-state index is 0.0241. The molecule has 0 aliphatic carbocycles. The molecule has 0 unspecified atom stereocenters. The highest BCUT2D eigenvalue weighted by Crippen LogP contribution is 2.27. The minimum Gasteiger partial charge on any atom is -0.484 e. The van der Waals surface area contributed by atoms with Gasteiger partial charge in [0.05, 0.1) is 15.6 Å². The Morgan fingerprint density at radius 2 is 1.83 bits per heavy atom. The first kappa shape index (κ1) is 22.7. The molecule has 8 nitrogen and oxygen atoms in total. The van der Waals surface area contributed by atoms with Crippen LogP contribution < -0.4 is 15.8 Å². The van der Waals surface area contributed by atoms with Crippen LogP contribution in [-0.4, -0.2) is 44.2 Å². The summed E-state index contributed by atoms with van der Waals surface area (Å²) >= 11 is 6.10. The molecule has 0 bridgehead atoms. The summed E-state index contributed by atoms with van der Waals surface area (Å²) < 4.78 is 32.0. The lowest BCUT2D eigenvalue weighted by molar-refractivity contribution is -0.118. The second-order valence-electron chi connectivity index (χ2n) is 5.96. The molecule has 0 radical (unpaired) electrons. The van der Waals surface area contributed by atoms with Crippen molar-refractivity contribution in [2.24, 2.45) is 5.73 Å². The molecule has 0 saturated carbocycles. The van der Waals surface area contributed by atoms with E-state index in [1.807, 2.05) is 0 Å². The van der Waals surface area contributed by atoms with Gasteiger partial charge in [0, 0.05) is 18.7 Å². The van der Waals surface area contributed by atoms with Crippen molar-refractivity contribution in [3.8, 4) is 5.75 Å². The molecule has 0 aliphatic rings. The largest absolute Gasteiger partial charge is 0.484 e. The summed E-state index contributed by atoms with van der Waals surface area (Å²) in [5.74, 6) is -0.868. The number of anilines is 1. The maximum Gasteiger partial charge on any atom is 0.262 e. The number of carbonyl (C=O) groups is 2. The number of carbonyl (C=O) groups excluding carboxylic acids is 2. The monoisotopic (exact) mass is 439 g/mol. The van der Waals surface area contributed by atoms with Crippen molar-refractivity contribution in [3.05, 3.63) is 53.1 Å². The quantitative estimate of drug-likeness (QED) is 0.622. The predicted octanol–water partition coefficient (Wildman–Crippen LogP) is 2.49. The number of nitrogens with two attached hydrogens (primary N) is 1. The number of amides is 2. The molecular formula is C19H22ClN3O5S. The number of rotatable bonds is 9. The van der Waals surface area contributed by atoms with Gasteiger partial charge in [0.2, 0.25) is 15.9 Å². The Balaban J connectivity index is 2.12. The van der Waals surface area contributed by atoms with E-state index >= 15 is 0 Å². The predicted molar refractivity (Wildman–Crippen MR) is 111 cm³/mol. The van der Waals surface area contributed by atoms with Crippen LogP contribution in [0.4, 0.5) is 5.69 Å². The van der Waals surface area contributed by atoms with E-state index in [0.29, 0.717) is 18.8 Å². The first-order chi connectivity index (χ1) is 13.7. The van der Waals surface area contributed by atoms with Crippen LogP contribution in [0.1, 0.15) is 24.2 Å². The van der Waals surface area contributed by atoms with Gasteiger partial charge in [-0.15, -0.1) is 0 Å². The molecule has 0 atom stereocenters. The van der Waals surface area contributed by atoms with Crippen molar-refractivity contribution in [3.63, 3.8) is 0 Å². The molecule has 2 aromatic rings. The van der Waals surface area contributed by atoms with E-state index in [-0.39, 0.29) is 27.8 Å². The summed E-state index contributed by atoms with van der Waals surface area (Å²) in [6.45, 7) is 3.75. The van der Waals surface area contributed by atoms with Crippen molar-refractivity contribution in [2.75, 3.05) is 25.0 Å². The number of benzene rings is 2. The van der Waals surface area contributed by atoms with Gasteiger partial charge in [-0.25, -0.2) is 8.42 Å². The third-order valence-electron chi connectivity index (χ3n) is 4.04.